The highest BCUT2D eigenvalue weighted by Gasteiger charge is 2.22. The average molecular weight is 382 g/mol. The van der Waals surface area contributed by atoms with Crippen LogP contribution in [0.4, 0.5) is 16.2 Å². The zero-order chi connectivity index (χ0) is 20.3. The number of amides is 3. The molecule has 148 valence electrons. The van der Waals surface area contributed by atoms with Crippen LogP contribution < -0.4 is 20.3 Å². The molecule has 2 N–H and O–H groups in total. The second-order valence-corrected chi connectivity index (χ2v) is 7.15. The number of fused-ring (bicyclic) bond motifs is 1. The monoisotopic (exact) mass is 382 g/mol. The van der Waals surface area contributed by atoms with E-state index in [0.717, 1.165) is 5.56 Å². The van der Waals surface area contributed by atoms with Crippen LogP contribution in [-0.4, -0.2) is 51.1 Å². The van der Waals surface area contributed by atoms with E-state index in [-0.39, 0.29) is 24.6 Å². The van der Waals surface area contributed by atoms with Gasteiger partial charge in [0.15, 0.2) is 6.61 Å². The van der Waals surface area contributed by atoms with E-state index in [0.29, 0.717) is 23.7 Å². The number of carbonyl (C=O) groups is 2. The van der Waals surface area contributed by atoms with E-state index >= 15 is 0 Å². The van der Waals surface area contributed by atoms with Crippen molar-refractivity contribution in [3.63, 3.8) is 0 Å². The molecule has 2 aromatic rings. The lowest BCUT2D eigenvalue weighted by molar-refractivity contribution is -0.120. The van der Waals surface area contributed by atoms with E-state index in [1.54, 1.807) is 25.2 Å². The molecular weight excluding hydrogens is 356 g/mol. The minimum atomic E-state index is -0.301. The lowest BCUT2D eigenvalue weighted by atomic mass is 10.0. The van der Waals surface area contributed by atoms with E-state index in [9.17, 15) is 9.59 Å². The number of likely N-dealkylation sites (N-methyl/N-ethyl adjacent to an activating group) is 2. The maximum absolute atomic E-state index is 12.4. The van der Waals surface area contributed by atoms with Crippen molar-refractivity contribution < 1.29 is 14.3 Å². The Balaban J connectivity index is 1.63. The van der Waals surface area contributed by atoms with Gasteiger partial charge in [-0.15, -0.1) is 0 Å². The number of urea groups is 1. The number of nitrogens with zero attached hydrogens (tertiary/aromatic N) is 2. The smallest absolute Gasteiger partial charge is 0.319 e. The highest BCUT2D eigenvalue weighted by Crippen LogP contribution is 2.33. The lowest BCUT2D eigenvalue weighted by Crippen LogP contribution is -2.37. The van der Waals surface area contributed by atoms with E-state index in [1.807, 2.05) is 14.1 Å². The molecule has 0 radical (unpaired) electrons. The van der Waals surface area contributed by atoms with Crippen LogP contribution in [0.25, 0.3) is 0 Å². The van der Waals surface area contributed by atoms with Crippen LogP contribution in [0.15, 0.2) is 42.5 Å². The summed E-state index contributed by atoms with van der Waals surface area (Å²) in [5.41, 5.74) is 3.58. The first-order chi connectivity index (χ1) is 13.3. The van der Waals surface area contributed by atoms with Gasteiger partial charge in [0.05, 0.1) is 11.7 Å². The molecule has 0 aromatic heterocycles. The molecule has 0 aliphatic carbocycles. The van der Waals surface area contributed by atoms with Gasteiger partial charge in [-0.2, -0.15) is 0 Å². The van der Waals surface area contributed by atoms with Crippen molar-refractivity contribution in [3.05, 3.63) is 53.6 Å². The summed E-state index contributed by atoms with van der Waals surface area (Å²) in [6.45, 7) is 2.55. The van der Waals surface area contributed by atoms with Crippen LogP contribution in [0.2, 0.25) is 0 Å². The predicted molar refractivity (Wildman–Crippen MR) is 110 cm³/mol. The van der Waals surface area contributed by atoms with Gasteiger partial charge in [0, 0.05) is 19.3 Å². The van der Waals surface area contributed by atoms with Crippen LogP contribution in [-0.2, 0) is 4.79 Å². The number of hydrogen-bond donors (Lipinski definition) is 2. The highest BCUT2D eigenvalue weighted by molar-refractivity contribution is 5.99. The molecule has 1 atom stereocenters. The Morgan fingerprint density at radius 3 is 2.61 bits per heavy atom. The summed E-state index contributed by atoms with van der Waals surface area (Å²) in [7, 11) is 5.66. The Bertz CT molecular complexity index is 864. The quantitative estimate of drug-likeness (QED) is 0.834. The fraction of sp³-hybridized carbons (Fsp3) is 0.333. The number of carbonyl (C=O) groups excluding carboxylic acids is 2. The lowest BCUT2D eigenvalue weighted by Gasteiger charge is -2.27. The van der Waals surface area contributed by atoms with Crippen molar-refractivity contribution in [1.82, 2.24) is 10.2 Å². The predicted octanol–water partition coefficient (Wildman–Crippen LogP) is 2.77. The minimum absolute atomic E-state index is 0.0295. The van der Waals surface area contributed by atoms with Gasteiger partial charge in [-0.25, -0.2) is 4.79 Å². The molecule has 0 saturated heterocycles. The first-order valence-electron chi connectivity index (χ1n) is 9.16. The van der Waals surface area contributed by atoms with Crippen molar-refractivity contribution in [2.45, 2.75) is 13.0 Å². The summed E-state index contributed by atoms with van der Waals surface area (Å²) >= 11 is 0. The van der Waals surface area contributed by atoms with E-state index < -0.39 is 0 Å². The van der Waals surface area contributed by atoms with E-state index in [2.05, 4.69) is 46.7 Å². The van der Waals surface area contributed by atoms with Crippen molar-refractivity contribution in [1.29, 1.82) is 0 Å². The molecule has 1 aliphatic rings. The Morgan fingerprint density at radius 2 is 1.93 bits per heavy atom. The van der Waals surface area contributed by atoms with E-state index in [1.165, 1.54) is 10.5 Å². The molecule has 1 heterocycles. The number of benzene rings is 2. The normalized spacial score (nSPS) is 14.3. The van der Waals surface area contributed by atoms with E-state index in [4.69, 9.17) is 4.74 Å². The van der Waals surface area contributed by atoms with Gasteiger partial charge >= 0.3 is 6.03 Å². The Hall–Kier alpha value is -3.06. The van der Waals surface area contributed by atoms with Gasteiger partial charge in [0.2, 0.25) is 0 Å². The summed E-state index contributed by atoms with van der Waals surface area (Å²) in [4.78, 5) is 27.8. The highest BCUT2D eigenvalue weighted by atomic mass is 16.5. The van der Waals surface area contributed by atoms with Crippen LogP contribution in [0.5, 0.6) is 5.75 Å². The molecule has 0 fully saturated rings. The van der Waals surface area contributed by atoms with Crippen molar-refractivity contribution >= 4 is 23.3 Å². The van der Waals surface area contributed by atoms with Gasteiger partial charge in [-0.1, -0.05) is 29.8 Å². The van der Waals surface area contributed by atoms with Crippen LogP contribution >= 0.6 is 0 Å². The molecule has 7 heteroatoms. The second-order valence-electron chi connectivity index (χ2n) is 7.15. The third-order valence-corrected chi connectivity index (χ3v) is 4.84. The SMILES string of the molecule is Cc1ccc([C@H](CNC(=O)Nc2ccc3c(c2)N(C)C(=O)CO3)N(C)C)cc1. The summed E-state index contributed by atoms with van der Waals surface area (Å²) < 4.78 is 5.40. The van der Waals surface area contributed by atoms with Crippen molar-refractivity contribution in [2.24, 2.45) is 0 Å². The van der Waals surface area contributed by atoms with Crippen LogP contribution in [0.3, 0.4) is 0 Å². The first kappa shape index (κ1) is 19.7. The Morgan fingerprint density at radius 1 is 1.21 bits per heavy atom. The molecular formula is C21H26N4O3. The maximum Gasteiger partial charge on any atom is 0.319 e. The fourth-order valence-electron chi connectivity index (χ4n) is 3.10. The molecule has 3 amide bonds. The molecule has 0 saturated carbocycles. The molecule has 1 aliphatic heterocycles. The number of anilines is 2. The fourth-order valence-corrected chi connectivity index (χ4v) is 3.10. The van der Waals surface area contributed by atoms with Gasteiger partial charge < -0.3 is 25.2 Å². The summed E-state index contributed by atoms with van der Waals surface area (Å²) in [6.07, 6.45) is 0. The average Bonchev–Trinajstić information content (AvgIpc) is 2.66. The van der Waals surface area contributed by atoms with Crippen molar-refractivity contribution in [3.8, 4) is 5.75 Å². The minimum Gasteiger partial charge on any atom is -0.482 e. The standard InChI is InChI=1S/C21H26N4O3/c1-14-5-7-15(8-6-14)18(24(2)3)12-22-21(27)23-16-9-10-19-17(11-16)25(4)20(26)13-28-19/h5-11,18H,12-13H2,1-4H3,(H2,22,23,27)/t18-/m0/s1. The largest absolute Gasteiger partial charge is 0.482 e. The molecule has 7 nitrogen and oxygen atoms in total. The van der Waals surface area contributed by atoms with Crippen LogP contribution in [0.1, 0.15) is 17.2 Å². The third-order valence-electron chi connectivity index (χ3n) is 4.84. The Labute approximate surface area is 165 Å². The Kier molecular flexibility index (Phi) is 5.84. The topological polar surface area (TPSA) is 73.9 Å². The molecule has 0 unspecified atom stereocenters. The summed E-state index contributed by atoms with van der Waals surface area (Å²) in [6, 6.07) is 13.3. The number of rotatable bonds is 5. The molecule has 3 rings (SSSR count). The number of hydrogen-bond acceptors (Lipinski definition) is 4. The number of ether oxygens (including phenoxy) is 1. The third kappa shape index (κ3) is 4.43. The summed E-state index contributed by atoms with van der Waals surface area (Å²) in [5, 5.41) is 5.74. The van der Waals surface area contributed by atoms with Gasteiger partial charge in [-0.05, 0) is 44.8 Å². The molecule has 0 bridgehead atoms. The number of aryl methyl sites for hydroxylation is 1. The van der Waals surface area contributed by atoms with Gasteiger partial charge in [0.25, 0.3) is 5.91 Å². The summed E-state index contributed by atoms with van der Waals surface area (Å²) in [5.74, 6) is 0.501. The molecule has 0 spiro atoms. The van der Waals surface area contributed by atoms with Crippen molar-refractivity contribution in [2.75, 3.05) is 44.5 Å². The zero-order valence-corrected chi connectivity index (χ0v) is 16.7. The molecule has 28 heavy (non-hydrogen) atoms. The maximum atomic E-state index is 12.4. The van der Waals surface area contributed by atoms with Crippen LogP contribution in [0, 0.1) is 6.92 Å². The number of nitrogens with one attached hydrogen (secondary N) is 2. The molecule has 2 aromatic carbocycles. The van der Waals surface area contributed by atoms with Gasteiger partial charge in [-0.3, -0.25) is 4.79 Å². The van der Waals surface area contributed by atoms with Gasteiger partial charge in [0.1, 0.15) is 5.75 Å². The second kappa shape index (κ2) is 8.31. The first-order valence-corrected chi connectivity index (χ1v) is 9.16. The zero-order valence-electron chi connectivity index (χ0n) is 16.7.